The zero-order chi connectivity index (χ0) is 18.6. The van der Waals surface area contributed by atoms with Crippen molar-refractivity contribution in [1.29, 1.82) is 0 Å². The van der Waals surface area contributed by atoms with E-state index < -0.39 is 12.1 Å². The molecule has 1 aromatic rings. The topological polar surface area (TPSA) is 70.7 Å². The number of hydrogen-bond acceptors (Lipinski definition) is 4. The highest BCUT2D eigenvalue weighted by molar-refractivity contribution is 5.86. The van der Waals surface area contributed by atoms with Gasteiger partial charge in [0, 0.05) is 12.1 Å². The lowest BCUT2D eigenvalue weighted by Gasteiger charge is -2.38. The Bertz CT molecular complexity index is 626. The molecule has 0 spiro atoms. The summed E-state index contributed by atoms with van der Waals surface area (Å²) in [5.74, 6) is -0.378. The van der Waals surface area contributed by atoms with Crippen molar-refractivity contribution in [2.75, 3.05) is 26.2 Å². The zero-order valence-electron chi connectivity index (χ0n) is 15.7. The number of morpholine rings is 1. The van der Waals surface area contributed by atoms with E-state index in [0.29, 0.717) is 0 Å². The smallest absolute Gasteiger partial charge is 0.252 e. The molecule has 2 amide bonds. The van der Waals surface area contributed by atoms with Crippen LogP contribution in [0, 0.1) is 0 Å². The summed E-state index contributed by atoms with van der Waals surface area (Å²) in [5.41, 5.74) is 0.509. The Morgan fingerprint density at radius 1 is 1.23 bits per heavy atom. The van der Waals surface area contributed by atoms with Crippen molar-refractivity contribution >= 4 is 11.8 Å². The van der Waals surface area contributed by atoms with Gasteiger partial charge in [-0.25, -0.2) is 0 Å². The van der Waals surface area contributed by atoms with Gasteiger partial charge in [0.15, 0.2) is 6.10 Å². The van der Waals surface area contributed by atoms with Gasteiger partial charge in [-0.05, 0) is 45.3 Å². The average molecular weight is 359 g/mol. The maximum Gasteiger partial charge on any atom is 0.252 e. The van der Waals surface area contributed by atoms with E-state index in [1.54, 1.807) is 0 Å². The van der Waals surface area contributed by atoms with Crippen LogP contribution >= 0.6 is 0 Å². The van der Waals surface area contributed by atoms with Gasteiger partial charge in [0.25, 0.3) is 5.91 Å². The molecule has 1 aromatic carbocycles. The Hall–Kier alpha value is -1.92. The van der Waals surface area contributed by atoms with Crippen LogP contribution in [0.3, 0.4) is 0 Å². The van der Waals surface area contributed by atoms with Crippen molar-refractivity contribution in [3.05, 3.63) is 35.9 Å². The van der Waals surface area contributed by atoms with E-state index >= 15 is 0 Å². The lowest BCUT2D eigenvalue weighted by Crippen LogP contribution is -2.58. The fraction of sp³-hybridized carbons (Fsp3) is 0.600. The molecule has 0 unspecified atom stereocenters. The summed E-state index contributed by atoms with van der Waals surface area (Å²) in [6.07, 6.45) is 3.00. The van der Waals surface area contributed by atoms with Gasteiger partial charge in [-0.1, -0.05) is 36.8 Å². The molecule has 26 heavy (non-hydrogen) atoms. The lowest BCUT2D eigenvalue weighted by molar-refractivity contribution is -0.149. The maximum atomic E-state index is 12.9. The van der Waals surface area contributed by atoms with E-state index in [9.17, 15) is 9.59 Å². The molecule has 2 heterocycles. The standard InChI is InChI=1S/C20H29N3O3/c1-20(2,14-23-11-7-4-8-12-23)22-19(25)18-17(21-16(24)13-26-18)15-9-5-3-6-10-15/h3,5-6,9-10,17-18H,4,7-8,11-14H2,1-2H3,(H,21,24)(H,22,25)/t17-,18+/m1/s1. The summed E-state index contributed by atoms with van der Waals surface area (Å²) in [6.45, 7) is 6.97. The maximum absolute atomic E-state index is 12.9. The molecule has 0 saturated carbocycles. The average Bonchev–Trinajstić information content (AvgIpc) is 2.62. The molecule has 0 bridgehead atoms. The first-order valence-corrected chi connectivity index (χ1v) is 9.45. The van der Waals surface area contributed by atoms with Crippen molar-refractivity contribution in [3.63, 3.8) is 0 Å². The monoisotopic (exact) mass is 359 g/mol. The molecular formula is C20H29N3O3. The number of carbonyl (C=O) groups is 2. The number of carbonyl (C=O) groups excluding carboxylic acids is 2. The van der Waals surface area contributed by atoms with Crippen LogP contribution in [0.25, 0.3) is 0 Å². The lowest BCUT2D eigenvalue weighted by atomic mass is 9.97. The molecule has 0 aromatic heterocycles. The van der Waals surface area contributed by atoms with E-state index in [4.69, 9.17) is 4.74 Å². The van der Waals surface area contributed by atoms with Crippen LogP contribution in [0.2, 0.25) is 0 Å². The van der Waals surface area contributed by atoms with Crippen LogP contribution < -0.4 is 10.6 Å². The molecule has 2 aliphatic heterocycles. The highest BCUT2D eigenvalue weighted by atomic mass is 16.5. The number of nitrogens with zero attached hydrogens (tertiary/aromatic N) is 1. The zero-order valence-corrected chi connectivity index (χ0v) is 15.7. The third-order valence-corrected chi connectivity index (χ3v) is 4.96. The minimum Gasteiger partial charge on any atom is -0.356 e. The molecule has 2 atom stereocenters. The molecule has 3 rings (SSSR count). The minimum atomic E-state index is -0.726. The molecule has 0 aliphatic carbocycles. The number of ether oxygens (including phenoxy) is 1. The van der Waals surface area contributed by atoms with E-state index in [0.717, 1.165) is 25.2 Å². The van der Waals surface area contributed by atoms with Gasteiger partial charge in [-0.3, -0.25) is 9.59 Å². The second-order valence-electron chi connectivity index (χ2n) is 7.90. The summed E-state index contributed by atoms with van der Waals surface area (Å²) >= 11 is 0. The van der Waals surface area contributed by atoms with Crippen molar-refractivity contribution in [2.24, 2.45) is 0 Å². The molecule has 2 saturated heterocycles. The largest absolute Gasteiger partial charge is 0.356 e. The first-order chi connectivity index (χ1) is 12.4. The van der Waals surface area contributed by atoms with Gasteiger partial charge in [0.05, 0.1) is 6.04 Å². The Labute approximate surface area is 155 Å². The van der Waals surface area contributed by atoms with Crippen molar-refractivity contribution in [3.8, 4) is 0 Å². The van der Waals surface area contributed by atoms with Gasteiger partial charge in [0.2, 0.25) is 5.91 Å². The van der Waals surface area contributed by atoms with Gasteiger partial charge in [0.1, 0.15) is 6.61 Å². The minimum absolute atomic E-state index is 0.0893. The van der Waals surface area contributed by atoms with Crippen LogP contribution in [-0.4, -0.2) is 54.6 Å². The first kappa shape index (κ1) is 18.9. The number of nitrogens with one attached hydrogen (secondary N) is 2. The van der Waals surface area contributed by atoms with Gasteiger partial charge >= 0.3 is 0 Å². The first-order valence-electron chi connectivity index (χ1n) is 9.45. The summed E-state index contributed by atoms with van der Waals surface area (Å²) in [4.78, 5) is 27.1. The predicted molar refractivity (Wildman–Crippen MR) is 99.6 cm³/mol. The third kappa shape index (κ3) is 4.83. The van der Waals surface area contributed by atoms with Crippen LogP contribution in [-0.2, 0) is 14.3 Å². The quantitative estimate of drug-likeness (QED) is 0.838. The van der Waals surface area contributed by atoms with E-state index in [2.05, 4.69) is 15.5 Å². The summed E-state index contributed by atoms with van der Waals surface area (Å²) < 4.78 is 5.62. The predicted octanol–water partition coefficient (Wildman–Crippen LogP) is 1.62. The van der Waals surface area contributed by atoms with Crippen molar-refractivity contribution in [1.82, 2.24) is 15.5 Å². The fourth-order valence-corrected chi connectivity index (χ4v) is 3.82. The van der Waals surface area contributed by atoms with Crippen molar-refractivity contribution < 1.29 is 14.3 Å². The van der Waals surface area contributed by atoms with Crippen LogP contribution in [0.4, 0.5) is 0 Å². The highest BCUT2D eigenvalue weighted by Gasteiger charge is 2.38. The molecule has 2 aliphatic rings. The second kappa shape index (κ2) is 8.18. The van der Waals surface area contributed by atoms with Crippen LogP contribution in [0.5, 0.6) is 0 Å². The molecule has 6 heteroatoms. The fourth-order valence-electron chi connectivity index (χ4n) is 3.82. The van der Waals surface area contributed by atoms with E-state index in [1.807, 2.05) is 44.2 Å². The molecule has 2 fully saturated rings. The summed E-state index contributed by atoms with van der Waals surface area (Å²) in [7, 11) is 0. The molecule has 142 valence electrons. The van der Waals surface area contributed by atoms with Gasteiger partial charge in [-0.2, -0.15) is 0 Å². The Morgan fingerprint density at radius 2 is 1.92 bits per heavy atom. The normalized spacial score (nSPS) is 24.8. The second-order valence-corrected chi connectivity index (χ2v) is 7.90. The van der Waals surface area contributed by atoms with E-state index in [-0.39, 0.29) is 24.0 Å². The van der Waals surface area contributed by atoms with Crippen molar-refractivity contribution in [2.45, 2.75) is 50.8 Å². The Balaban J connectivity index is 1.67. The number of benzene rings is 1. The number of piperidine rings is 1. The van der Waals surface area contributed by atoms with E-state index in [1.165, 1.54) is 19.3 Å². The SMILES string of the molecule is CC(C)(CN1CCCCC1)NC(=O)[C@H]1OCC(=O)N[C@@H]1c1ccccc1. The number of amides is 2. The van der Waals surface area contributed by atoms with Gasteiger partial charge < -0.3 is 20.3 Å². The number of likely N-dealkylation sites (tertiary alicyclic amines) is 1. The number of hydrogen-bond donors (Lipinski definition) is 2. The van der Waals surface area contributed by atoms with Gasteiger partial charge in [-0.15, -0.1) is 0 Å². The third-order valence-electron chi connectivity index (χ3n) is 4.96. The van der Waals surface area contributed by atoms with Crippen LogP contribution in [0.15, 0.2) is 30.3 Å². The molecule has 0 radical (unpaired) electrons. The Morgan fingerprint density at radius 3 is 2.62 bits per heavy atom. The number of rotatable bonds is 5. The summed E-state index contributed by atoms with van der Waals surface area (Å²) in [5, 5.41) is 6.03. The van der Waals surface area contributed by atoms with Crippen LogP contribution in [0.1, 0.15) is 44.7 Å². The molecular weight excluding hydrogens is 330 g/mol. The highest BCUT2D eigenvalue weighted by Crippen LogP contribution is 2.23. The molecule has 2 N–H and O–H groups in total. The Kier molecular flexibility index (Phi) is 5.94. The molecule has 6 nitrogen and oxygen atoms in total. The summed E-state index contributed by atoms with van der Waals surface area (Å²) in [6, 6.07) is 9.03.